The number of aromatic nitrogens is 7. The first kappa shape index (κ1) is 17.3. The van der Waals surface area contributed by atoms with Crippen molar-refractivity contribution in [3.05, 3.63) is 41.7 Å². The van der Waals surface area contributed by atoms with E-state index in [-0.39, 0.29) is 24.2 Å². The van der Waals surface area contributed by atoms with Crippen LogP contribution in [0.15, 0.2) is 24.3 Å². The van der Waals surface area contributed by atoms with E-state index in [2.05, 4.69) is 30.6 Å². The maximum atomic E-state index is 13.0. The molecule has 0 unspecified atom stereocenters. The van der Waals surface area contributed by atoms with Crippen LogP contribution in [0.1, 0.15) is 30.4 Å². The van der Waals surface area contributed by atoms with Gasteiger partial charge in [0.15, 0.2) is 5.82 Å². The number of carbonyl (C=O) groups excluding carboxylic acids is 1. The standard InChI is InChI=1S/C17H19FN8O/c1-11-19-16(21-20-11)13-3-2-8-25(9-13)15(27)10-26-23-17(22-24-26)12-4-6-14(18)7-5-12/h4-7,13H,2-3,8-10H2,1H3,(H,19,20,21)/t13-/m1/s1. The van der Waals surface area contributed by atoms with Gasteiger partial charge in [-0.1, -0.05) is 0 Å². The highest BCUT2D eigenvalue weighted by Crippen LogP contribution is 2.24. The van der Waals surface area contributed by atoms with Gasteiger partial charge in [-0.05, 0) is 49.2 Å². The van der Waals surface area contributed by atoms with Crippen LogP contribution in [0, 0.1) is 12.7 Å². The molecule has 0 saturated carbocycles. The van der Waals surface area contributed by atoms with Crippen LogP contribution >= 0.6 is 0 Å². The fourth-order valence-electron chi connectivity index (χ4n) is 3.20. The van der Waals surface area contributed by atoms with Gasteiger partial charge in [0.25, 0.3) is 0 Å². The fourth-order valence-corrected chi connectivity index (χ4v) is 3.20. The molecule has 10 heteroatoms. The van der Waals surface area contributed by atoms with E-state index in [0.717, 1.165) is 24.5 Å². The summed E-state index contributed by atoms with van der Waals surface area (Å²) < 4.78 is 13.0. The molecular weight excluding hydrogens is 351 g/mol. The Hall–Kier alpha value is -3.17. The Kier molecular flexibility index (Phi) is 4.61. The summed E-state index contributed by atoms with van der Waals surface area (Å²) >= 11 is 0. The third-order valence-corrected chi connectivity index (χ3v) is 4.59. The van der Waals surface area contributed by atoms with E-state index in [1.54, 1.807) is 17.0 Å². The predicted molar refractivity (Wildman–Crippen MR) is 92.9 cm³/mol. The summed E-state index contributed by atoms with van der Waals surface area (Å²) in [6, 6.07) is 5.82. The lowest BCUT2D eigenvalue weighted by molar-refractivity contribution is -0.133. The molecule has 2 aromatic heterocycles. The predicted octanol–water partition coefficient (Wildman–Crippen LogP) is 1.31. The molecule has 1 aliphatic rings. The third-order valence-electron chi connectivity index (χ3n) is 4.59. The number of nitrogens with zero attached hydrogens (tertiary/aromatic N) is 7. The average Bonchev–Trinajstić information content (AvgIpc) is 3.32. The van der Waals surface area contributed by atoms with Crippen LogP contribution in [0.2, 0.25) is 0 Å². The molecule has 0 bridgehead atoms. The molecule has 140 valence electrons. The summed E-state index contributed by atoms with van der Waals surface area (Å²) in [6.45, 7) is 3.14. The lowest BCUT2D eigenvalue weighted by atomic mass is 9.97. The number of carbonyl (C=O) groups is 1. The summed E-state index contributed by atoms with van der Waals surface area (Å²) in [5.41, 5.74) is 0.646. The van der Waals surface area contributed by atoms with Crippen LogP contribution in [-0.2, 0) is 11.3 Å². The minimum absolute atomic E-state index is 0.00787. The maximum Gasteiger partial charge on any atom is 0.246 e. The number of halogens is 1. The Labute approximate surface area is 154 Å². The second-order valence-electron chi connectivity index (χ2n) is 6.61. The number of nitrogens with one attached hydrogen (secondary N) is 1. The number of hydrogen-bond acceptors (Lipinski definition) is 6. The van der Waals surface area contributed by atoms with Crippen molar-refractivity contribution in [2.75, 3.05) is 13.1 Å². The van der Waals surface area contributed by atoms with Gasteiger partial charge in [0.05, 0.1) is 0 Å². The summed E-state index contributed by atoms with van der Waals surface area (Å²) in [5.74, 6) is 1.61. The highest BCUT2D eigenvalue weighted by molar-refractivity contribution is 5.76. The molecule has 1 N–H and O–H groups in total. The molecule has 4 rings (SSSR count). The monoisotopic (exact) mass is 370 g/mol. The minimum Gasteiger partial charge on any atom is -0.340 e. The number of tetrazole rings is 1. The largest absolute Gasteiger partial charge is 0.340 e. The van der Waals surface area contributed by atoms with Crippen molar-refractivity contribution in [1.29, 1.82) is 0 Å². The molecule has 0 aliphatic carbocycles. The molecule has 1 atom stereocenters. The Morgan fingerprint density at radius 3 is 2.89 bits per heavy atom. The highest BCUT2D eigenvalue weighted by atomic mass is 19.1. The number of aryl methyl sites for hydroxylation is 1. The molecule has 1 fully saturated rings. The van der Waals surface area contributed by atoms with Crippen molar-refractivity contribution in [3.8, 4) is 11.4 Å². The number of likely N-dealkylation sites (tertiary alicyclic amines) is 1. The number of benzene rings is 1. The molecule has 1 aliphatic heterocycles. The van der Waals surface area contributed by atoms with Gasteiger partial charge in [0.2, 0.25) is 11.7 Å². The minimum atomic E-state index is -0.331. The van der Waals surface area contributed by atoms with E-state index >= 15 is 0 Å². The molecule has 0 radical (unpaired) electrons. The Morgan fingerprint density at radius 1 is 1.33 bits per heavy atom. The number of piperidine rings is 1. The van der Waals surface area contributed by atoms with Crippen LogP contribution in [0.4, 0.5) is 4.39 Å². The van der Waals surface area contributed by atoms with E-state index in [0.29, 0.717) is 24.5 Å². The smallest absolute Gasteiger partial charge is 0.246 e. The summed E-state index contributed by atoms with van der Waals surface area (Å²) in [4.78, 5) is 20.1. The maximum absolute atomic E-state index is 13.0. The zero-order chi connectivity index (χ0) is 18.8. The van der Waals surface area contributed by atoms with Gasteiger partial charge in [-0.2, -0.15) is 9.90 Å². The number of aromatic amines is 1. The molecular formula is C17H19FN8O. The molecule has 27 heavy (non-hydrogen) atoms. The van der Waals surface area contributed by atoms with Crippen LogP contribution < -0.4 is 0 Å². The van der Waals surface area contributed by atoms with Crippen LogP contribution in [0.3, 0.4) is 0 Å². The van der Waals surface area contributed by atoms with E-state index in [1.807, 2.05) is 6.92 Å². The van der Waals surface area contributed by atoms with Crippen molar-refractivity contribution >= 4 is 5.91 Å². The highest BCUT2D eigenvalue weighted by Gasteiger charge is 2.27. The van der Waals surface area contributed by atoms with Crippen molar-refractivity contribution in [3.63, 3.8) is 0 Å². The third kappa shape index (κ3) is 3.83. The van der Waals surface area contributed by atoms with Crippen LogP contribution in [0.25, 0.3) is 11.4 Å². The lowest BCUT2D eigenvalue weighted by Crippen LogP contribution is -2.41. The van der Waals surface area contributed by atoms with Crippen molar-refractivity contribution < 1.29 is 9.18 Å². The Bertz CT molecular complexity index is 935. The van der Waals surface area contributed by atoms with Gasteiger partial charge < -0.3 is 4.90 Å². The summed E-state index contributed by atoms with van der Waals surface area (Å²) in [5, 5.41) is 19.2. The zero-order valence-corrected chi connectivity index (χ0v) is 14.8. The van der Waals surface area contributed by atoms with Crippen molar-refractivity contribution in [2.45, 2.75) is 32.2 Å². The van der Waals surface area contributed by atoms with Gasteiger partial charge in [-0.3, -0.25) is 9.89 Å². The van der Waals surface area contributed by atoms with Crippen molar-refractivity contribution in [1.82, 2.24) is 40.3 Å². The first-order valence-corrected chi connectivity index (χ1v) is 8.79. The summed E-state index contributed by atoms with van der Waals surface area (Å²) in [6.07, 6.45) is 1.85. The number of amides is 1. The molecule has 1 aromatic carbocycles. The molecule has 3 heterocycles. The SMILES string of the molecule is Cc1nc([C@@H]2CCCN(C(=O)Cn3nnc(-c4ccc(F)cc4)n3)C2)n[nH]1. The molecule has 3 aromatic rings. The second-order valence-corrected chi connectivity index (χ2v) is 6.61. The average molecular weight is 370 g/mol. The van der Waals surface area contributed by atoms with Gasteiger partial charge in [0, 0.05) is 24.6 Å². The van der Waals surface area contributed by atoms with E-state index in [9.17, 15) is 9.18 Å². The van der Waals surface area contributed by atoms with Gasteiger partial charge >= 0.3 is 0 Å². The van der Waals surface area contributed by atoms with Crippen molar-refractivity contribution in [2.24, 2.45) is 0 Å². The normalized spacial score (nSPS) is 17.3. The van der Waals surface area contributed by atoms with Gasteiger partial charge in [0.1, 0.15) is 18.2 Å². The first-order chi connectivity index (χ1) is 13.1. The zero-order valence-electron chi connectivity index (χ0n) is 14.8. The fraction of sp³-hybridized carbons (Fsp3) is 0.412. The molecule has 0 spiro atoms. The van der Waals surface area contributed by atoms with Gasteiger partial charge in [-0.15, -0.1) is 10.2 Å². The Morgan fingerprint density at radius 2 is 2.15 bits per heavy atom. The van der Waals surface area contributed by atoms with Crippen LogP contribution in [-0.4, -0.2) is 59.3 Å². The molecule has 9 nitrogen and oxygen atoms in total. The second kappa shape index (κ2) is 7.22. The van der Waals surface area contributed by atoms with Gasteiger partial charge in [-0.25, -0.2) is 9.37 Å². The first-order valence-electron chi connectivity index (χ1n) is 8.79. The Balaban J connectivity index is 1.41. The quantitative estimate of drug-likeness (QED) is 0.742. The van der Waals surface area contributed by atoms with E-state index in [4.69, 9.17) is 0 Å². The van der Waals surface area contributed by atoms with Crippen LogP contribution in [0.5, 0.6) is 0 Å². The molecule has 1 amide bonds. The number of rotatable bonds is 4. The van der Waals surface area contributed by atoms with E-state index in [1.165, 1.54) is 16.9 Å². The number of hydrogen-bond donors (Lipinski definition) is 1. The van der Waals surface area contributed by atoms with E-state index < -0.39 is 0 Å². The topological polar surface area (TPSA) is 105 Å². The summed E-state index contributed by atoms with van der Waals surface area (Å²) in [7, 11) is 0. The number of H-pyrrole nitrogens is 1. The molecule has 1 saturated heterocycles. The lowest BCUT2D eigenvalue weighted by Gasteiger charge is -2.31.